The predicted molar refractivity (Wildman–Crippen MR) is 135 cm³/mol. The Morgan fingerprint density at radius 3 is 2.56 bits per heavy atom. The molecule has 1 aliphatic heterocycles. The maximum atomic E-state index is 12.7. The van der Waals surface area contributed by atoms with Gasteiger partial charge in [0.1, 0.15) is 0 Å². The highest BCUT2D eigenvalue weighted by Gasteiger charge is 2.37. The summed E-state index contributed by atoms with van der Waals surface area (Å²) < 4.78 is 16.5. The summed E-state index contributed by atoms with van der Waals surface area (Å²) in [7, 11) is 3.32. The summed E-state index contributed by atoms with van der Waals surface area (Å²) >= 11 is 0. The Balaban J connectivity index is 2.01. The topological polar surface area (TPSA) is 94.3 Å². The summed E-state index contributed by atoms with van der Waals surface area (Å²) in [5.41, 5.74) is 7.25. The molecule has 1 fully saturated rings. The van der Waals surface area contributed by atoms with Gasteiger partial charge in [0.25, 0.3) is 0 Å². The summed E-state index contributed by atoms with van der Waals surface area (Å²) in [6.07, 6.45) is 3.42. The van der Waals surface area contributed by atoms with Crippen LogP contribution in [-0.2, 0) is 16.0 Å². The van der Waals surface area contributed by atoms with Gasteiger partial charge >= 0.3 is 0 Å². The first-order valence-corrected chi connectivity index (χ1v) is 12.6. The number of aliphatic hydroxyl groups is 1. The third kappa shape index (κ3) is 8.14. The standard InChI is InChI=1S/C27H46N2O5/c1-19(2)21(15-20-9-10-24(33-6)25(16-20)34-14-8-13-32-5)17-22(28)23(30)18-29-12-7-11-27(3,4)26(29)31/h9-10,16,19,21-23,30H,7-8,11-15,17-18,28H2,1-6H3/t21-,22-,23-/m0/s1. The first kappa shape index (κ1) is 28.4. The van der Waals surface area contributed by atoms with Gasteiger partial charge in [-0.05, 0) is 55.2 Å². The number of hydrogen-bond acceptors (Lipinski definition) is 6. The van der Waals surface area contributed by atoms with Crippen molar-refractivity contribution in [1.82, 2.24) is 4.90 Å². The van der Waals surface area contributed by atoms with Crippen LogP contribution in [0.15, 0.2) is 18.2 Å². The Morgan fingerprint density at radius 2 is 1.91 bits per heavy atom. The van der Waals surface area contributed by atoms with Crippen molar-refractivity contribution in [3.63, 3.8) is 0 Å². The molecule has 1 amide bonds. The van der Waals surface area contributed by atoms with Crippen LogP contribution in [-0.4, -0.2) is 68.6 Å². The SMILES string of the molecule is COCCCOc1cc(C[C@@H](C[C@H](N)[C@@H](O)CN2CCCC(C)(C)C2=O)C(C)C)ccc1OC. The van der Waals surface area contributed by atoms with Gasteiger partial charge in [-0.25, -0.2) is 0 Å². The van der Waals surface area contributed by atoms with Gasteiger partial charge in [-0.1, -0.05) is 33.8 Å². The summed E-state index contributed by atoms with van der Waals surface area (Å²) in [5, 5.41) is 10.8. The summed E-state index contributed by atoms with van der Waals surface area (Å²) in [4.78, 5) is 14.5. The molecule has 0 saturated carbocycles. The van der Waals surface area contributed by atoms with Gasteiger partial charge in [-0.3, -0.25) is 4.79 Å². The molecule has 3 atom stereocenters. The largest absolute Gasteiger partial charge is 0.493 e. The minimum absolute atomic E-state index is 0.113. The highest BCUT2D eigenvalue weighted by atomic mass is 16.5. The number of amides is 1. The number of benzene rings is 1. The molecule has 1 aliphatic rings. The lowest BCUT2D eigenvalue weighted by Crippen LogP contribution is -2.52. The number of nitrogens with two attached hydrogens (primary N) is 1. The monoisotopic (exact) mass is 478 g/mol. The molecule has 1 heterocycles. The number of carbonyl (C=O) groups excluding carboxylic acids is 1. The lowest BCUT2D eigenvalue weighted by molar-refractivity contribution is -0.145. The molecule has 0 aliphatic carbocycles. The smallest absolute Gasteiger partial charge is 0.228 e. The molecule has 34 heavy (non-hydrogen) atoms. The third-order valence-corrected chi connectivity index (χ3v) is 6.99. The summed E-state index contributed by atoms with van der Waals surface area (Å²) in [5.74, 6) is 2.23. The molecule has 0 bridgehead atoms. The van der Waals surface area contributed by atoms with Crippen molar-refractivity contribution in [3.8, 4) is 11.5 Å². The van der Waals surface area contributed by atoms with Crippen molar-refractivity contribution < 1.29 is 24.1 Å². The van der Waals surface area contributed by atoms with Crippen LogP contribution in [0.1, 0.15) is 58.9 Å². The van der Waals surface area contributed by atoms with Crippen LogP contribution in [0, 0.1) is 17.3 Å². The Labute approximate surface area is 205 Å². The lowest BCUT2D eigenvalue weighted by atomic mass is 9.82. The maximum Gasteiger partial charge on any atom is 0.228 e. The number of piperidine rings is 1. The zero-order chi connectivity index (χ0) is 25.3. The van der Waals surface area contributed by atoms with Crippen LogP contribution in [0.3, 0.4) is 0 Å². The average molecular weight is 479 g/mol. The van der Waals surface area contributed by atoms with Gasteiger partial charge in [0.2, 0.25) is 5.91 Å². The number of hydrogen-bond donors (Lipinski definition) is 2. The Bertz CT molecular complexity index is 767. The van der Waals surface area contributed by atoms with E-state index in [1.54, 1.807) is 19.1 Å². The van der Waals surface area contributed by atoms with E-state index in [2.05, 4.69) is 19.9 Å². The molecule has 1 saturated heterocycles. The molecular weight excluding hydrogens is 432 g/mol. The molecule has 7 heteroatoms. The predicted octanol–water partition coefficient (Wildman–Crippen LogP) is 3.65. The zero-order valence-electron chi connectivity index (χ0n) is 22.0. The fraction of sp³-hybridized carbons (Fsp3) is 0.741. The molecule has 0 aromatic heterocycles. The quantitative estimate of drug-likeness (QED) is 0.397. The number of nitrogens with zero attached hydrogens (tertiary/aromatic N) is 1. The van der Waals surface area contributed by atoms with Gasteiger partial charge in [0, 0.05) is 44.7 Å². The van der Waals surface area contributed by atoms with E-state index in [1.807, 2.05) is 26.0 Å². The molecule has 0 radical (unpaired) electrons. The van der Waals surface area contributed by atoms with Gasteiger partial charge in [0.15, 0.2) is 11.5 Å². The van der Waals surface area contributed by atoms with Crippen LogP contribution < -0.4 is 15.2 Å². The molecule has 2 rings (SSSR count). The molecule has 1 aromatic rings. The zero-order valence-corrected chi connectivity index (χ0v) is 22.0. The molecule has 0 unspecified atom stereocenters. The Hall–Kier alpha value is -1.83. The highest BCUT2D eigenvalue weighted by Crippen LogP contribution is 2.32. The van der Waals surface area contributed by atoms with E-state index >= 15 is 0 Å². The number of ether oxygens (including phenoxy) is 3. The third-order valence-electron chi connectivity index (χ3n) is 6.99. The minimum atomic E-state index is -0.741. The van der Waals surface area contributed by atoms with Crippen LogP contribution in [0.25, 0.3) is 0 Å². The first-order chi connectivity index (χ1) is 16.1. The van der Waals surface area contributed by atoms with Gasteiger partial charge in [-0.2, -0.15) is 0 Å². The second-order valence-electron chi connectivity index (χ2n) is 10.6. The molecular formula is C27H46N2O5. The normalized spacial score (nSPS) is 18.6. The van der Waals surface area contributed by atoms with Crippen molar-refractivity contribution in [2.45, 2.75) is 71.9 Å². The van der Waals surface area contributed by atoms with E-state index < -0.39 is 12.1 Å². The van der Waals surface area contributed by atoms with Crippen molar-refractivity contribution in [1.29, 1.82) is 0 Å². The number of carbonyl (C=O) groups is 1. The van der Waals surface area contributed by atoms with Crippen LogP contribution in [0.5, 0.6) is 11.5 Å². The Morgan fingerprint density at radius 1 is 1.18 bits per heavy atom. The van der Waals surface area contributed by atoms with E-state index in [4.69, 9.17) is 19.9 Å². The second kappa shape index (κ2) is 13.3. The van der Waals surface area contributed by atoms with Crippen molar-refractivity contribution in [2.75, 3.05) is 40.5 Å². The number of likely N-dealkylation sites (tertiary alicyclic amines) is 1. The Kier molecular flexibility index (Phi) is 11.1. The maximum absolute atomic E-state index is 12.7. The highest BCUT2D eigenvalue weighted by molar-refractivity contribution is 5.82. The van der Waals surface area contributed by atoms with E-state index in [0.29, 0.717) is 44.4 Å². The molecule has 3 N–H and O–H groups in total. The number of methoxy groups -OCH3 is 2. The lowest BCUT2D eigenvalue weighted by Gasteiger charge is -2.39. The van der Waals surface area contributed by atoms with Gasteiger partial charge < -0.3 is 30.0 Å². The fourth-order valence-corrected chi connectivity index (χ4v) is 4.63. The fourth-order valence-electron chi connectivity index (χ4n) is 4.63. The number of aliphatic hydroxyl groups excluding tert-OH is 1. The molecule has 7 nitrogen and oxygen atoms in total. The second-order valence-corrected chi connectivity index (χ2v) is 10.6. The molecule has 0 spiro atoms. The number of β-amino-alcohol motifs (C(OH)–C–C–N with tert-alkyl or cyclic N) is 1. The summed E-state index contributed by atoms with van der Waals surface area (Å²) in [6.45, 7) is 10.5. The number of rotatable bonds is 14. The first-order valence-electron chi connectivity index (χ1n) is 12.6. The van der Waals surface area contributed by atoms with Crippen LogP contribution in [0.2, 0.25) is 0 Å². The van der Waals surface area contributed by atoms with Crippen LogP contribution in [0.4, 0.5) is 0 Å². The van der Waals surface area contributed by atoms with E-state index in [-0.39, 0.29) is 17.2 Å². The molecule has 194 valence electrons. The van der Waals surface area contributed by atoms with Crippen LogP contribution >= 0.6 is 0 Å². The van der Waals surface area contributed by atoms with E-state index in [9.17, 15) is 9.90 Å². The summed E-state index contributed by atoms with van der Waals surface area (Å²) in [6, 6.07) is 5.65. The van der Waals surface area contributed by atoms with Crippen molar-refractivity contribution in [3.05, 3.63) is 23.8 Å². The van der Waals surface area contributed by atoms with Crippen molar-refractivity contribution >= 4 is 5.91 Å². The van der Waals surface area contributed by atoms with E-state index in [1.165, 1.54) is 0 Å². The van der Waals surface area contributed by atoms with Gasteiger partial charge in [0.05, 0.1) is 19.8 Å². The van der Waals surface area contributed by atoms with Crippen molar-refractivity contribution in [2.24, 2.45) is 23.0 Å². The average Bonchev–Trinajstić information content (AvgIpc) is 2.79. The van der Waals surface area contributed by atoms with Gasteiger partial charge in [-0.15, -0.1) is 0 Å². The molecule has 1 aromatic carbocycles. The minimum Gasteiger partial charge on any atom is -0.493 e. The van der Waals surface area contributed by atoms with E-state index in [0.717, 1.165) is 37.0 Å².